The summed E-state index contributed by atoms with van der Waals surface area (Å²) >= 11 is 0. The topological polar surface area (TPSA) is 40.3 Å². The third-order valence-corrected chi connectivity index (χ3v) is 8.69. The lowest BCUT2D eigenvalue weighted by atomic mass is 10.2. The first-order chi connectivity index (χ1) is 20.8. The summed E-state index contributed by atoms with van der Waals surface area (Å²) in [6.07, 6.45) is 1.88. The minimum absolute atomic E-state index is 0.790. The number of aromatic nitrogens is 4. The molecule has 0 atom stereocenters. The monoisotopic (exact) mass is 538 g/mol. The number of benzene rings is 5. The molecule has 0 radical (unpaired) electrons. The Labute approximate surface area is 239 Å². The van der Waals surface area contributed by atoms with Crippen molar-refractivity contribution in [2.75, 3.05) is 0 Å². The first-order valence-corrected chi connectivity index (χ1v) is 14.1. The van der Waals surface area contributed by atoms with Gasteiger partial charge in [0.05, 0.1) is 27.6 Å². The van der Waals surface area contributed by atoms with Gasteiger partial charge < -0.3 is 8.98 Å². The van der Waals surface area contributed by atoms with Crippen molar-refractivity contribution in [3.8, 4) is 11.5 Å². The SMILES string of the molecule is c1ccc2c(c1)oc1c(-n3c4ccccc4n4c5cc(-n6c7ccccc7c7ccccc76)ccc5cc34)nccc12. The zero-order valence-corrected chi connectivity index (χ0v) is 22.4. The maximum Gasteiger partial charge on any atom is 0.183 e. The zero-order valence-electron chi connectivity index (χ0n) is 22.4. The summed E-state index contributed by atoms with van der Waals surface area (Å²) in [5.74, 6) is 0.792. The molecule has 5 heterocycles. The molecule has 196 valence electrons. The van der Waals surface area contributed by atoms with Crippen molar-refractivity contribution in [3.63, 3.8) is 0 Å². The normalized spacial score (nSPS) is 12.3. The van der Waals surface area contributed by atoms with E-state index < -0.39 is 0 Å². The lowest BCUT2D eigenvalue weighted by molar-refractivity contribution is 0.663. The Morgan fingerprint density at radius 1 is 0.500 bits per heavy atom. The average Bonchev–Trinajstić information content (AvgIpc) is 3.78. The molecular weight excluding hydrogens is 516 g/mol. The Morgan fingerprint density at radius 2 is 1.17 bits per heavy atom. The van der Waals surface area contributed by atoms with Crippen LogP contribution in [-0.4, -0.2) is 18.5 Å². The van der Waals surface area contributed by atoms with E-state index in [1.54, 1.807) is 0 Å². The highest BCUT2D eigenvalue weighted by Gasteiger charge is 2.21. The largest absolute Gasteiger partial charge is 0.452 e. The molecule has 0 aliphatic heterocycles. The quantitative estimate of drug-likeness (QED) is 0.220. The zero-order chi connectivity index (χ0) is 27.4. The number of imidazole rings is 1. The summed E-state index contributed by atoms with van der Waals surface area (Å²) < 4.78 is 13.4. The van der Waals surface area contributed by atoms with E-state index in [4.69, 9.17) is 9.40 Å². The molecule has 0 saturated carbocycles. The highest BCUT2D eigenvalue weighted by molar-refractivity contribution is 6.10. The van der Waals surface area contributed by atoms with Crippen LogP contribution in [0.4, 0.5) is 0 Å². The highest BCUT2D eigenvalue weighted by Crippen LogP contribution is 2.38. The molecule has 5 heteroatoms. The Morgan fingerprint density at radius 3 is 1.95 bits per heavy atom. The van der Waals surface area contributed by atoms with Crippen LogP contribution in [0, 0.1) is 0 Å². The molecule has 0 saturated heterocycles. The molecule has 10 aromatic rings. The molecular formula is C37H22N4O. The van der Waals surface area contributed by atoms with Gasteiger partial charge in [-0.25, -0.2) is 4.98 Å². The molecule has 0 aliphatic rings. The number of pyridine rings is 1. The van der Waals surface area contributed by atoms with E-state index in [1.807, 2.05) is 24.4 Å². The van der Waals surface area contributed by atoms with Crippen molar-refractivity contribution in [1.29, 1.82) is 0 Å². The second-order valence-corrected chi connectivity index (χ2v) is 10.9. The fourth-order valence-corrected chi connectivity index (χ4v) is 6.92. The van der Waals surface area contributed by atoms with Crippen LogP contribution >= 0.6 is 0 Å². The number of rotatable bonds is 2. The number of hydrogen-bond donors (Lipinski definition) is 0. The Balaban J connectivity index is 1.31. The van der Waals surface area contributed by atoms with E-state index in [2.05, 4.69) is 123 Å². The average molecular weight is 539 g/mol. The molecule has 0 fully saturated rings. The third kappa shape index (κ3) is 2.74. The van der Waals surface area contributed by atoms with Gasteiger partial charge in [-0.1, -0.05) is 72.8 Å². The predicted octanol–water partition coefficient (Wildman–Crippen LogP) is 9.43. The van der Waals surface area contributed by atoms with Crippen LogP contribution in [0.15, 0.2) is 138 Å². The van der Waals surface area contributed by atoms with Crippen LogP contribution < -0.4 is 0 Å². The molecule has 5 nitrogen and oxygen atoms in total. The Kier molecular flexibility index (Phi) is 4.12. The predicted molar refractivity (Wildman–Crippen MR) is 171 cm³/mol. The number of nitrogens with zero attached hydrogens (tertiary/aromatic N) is 4. The van der Waals surface area contributed by atoms with Gasteiger partial charge in [0.1, 0.15) is 11.2 Å². The maximum atomic E-state index is 6.43. The second kappa shape index (κ2) is 7.89. The van der Waals surface area contributed by atoms with Crippen LogP contribution in [0.2, 0.25) is 0 Å². The van der Waals surface area contributed by atoms with Crippen LogP contribution in [0.25, 0.3) is 82.8 Å². The van der Waals surface area contributed by atoms with Crippen LogP contribution in [0.3, 0.4) is 0 Å². The van der Waals surface area contributed by atoms with E-state index in [9.17, 15) is 0 Å². The smallest absolute Gasteiger partial charge is 0.183 e. The van der Waals surface area contributed by atoms with Gasteiger partial charge in [0, 0.05) is 38.8 Å². The minimum Gasteiger partial charge on any atom is -0.452 e. The molecule has 10 rings (SSSR count). The lowest BCUT2D eigenvalue weighted by Crippen LogP contribution is -1.97. The van der Waals surface area contributed by atoms with Gasteiger partial charge >= 0.3 is 0 Å². The van der Waals surface area contributed by atoms with E-state index in [0.29, 0.717) is 0 Å². The summed E-state index contributed by atoms with van der Waals surface area (Å²) in [5.41, 5.74) is 9.59. The summed E-state index contributed by atoms with van der Waals surface area (Å²) in [6, 6.07) is 45.1. The van der Waals surface area contributed by atoms with Crippen molar-refractivity contribution >= 4 is 71.3 Å². The van der Waals surface area contributed by atoms with Crippen molar-refractivity contribution in [2.24, 2.45) is 0 Å². The second-order valence-electron chi connectivity index (χ2n) is 10.9. The Bertz CT molecular complexity index is 2650. The molecule has 5 aromatic heterocycles. The highest BCUT2D eigenvalue weighted by atomic mass is 16.3. The standard InChI is InChI=1S/C37H22N4O/c1-4-12-29-25(9-1)26-10-2-5-13-30(26)39(29)24-18-17-23-21-35-40(33(23)22-24)31-14-6-7-15-32(31)41(35)37-36-28(19-20-38-37)27-11-3-8-16-34(27)42-36/h1-22H. The molecule has 0 aliphatic carbocycles. The number of fused-ring (bicyclic) bond motifs is 11. The molecule has 42 heavy (non-hydrogen) atoms. The van der Waals surface area contributed by atoms with E-state index >= 15 is 0 Å². The van der Waals surface area contributed by atoms with E-state index in [-0.39, 0.29) is 0 Å². The fraction of sp³-hybridized carbons (Fsp3) is 0. The van der Waals surface area contributed by atoms with Gasteiger partial charge in [0.2, 0.25) is 0 Å². The number of hydrogen-bond acceptors (Lipinski definition) is 2. The first-order valence-electron chi connectivity index (χ1n) is 14.1. The van der Waals surface area contributed by atoms with Crippen LogP contribution in [-0.2, 0) is 0 Å². The van der Waals surface area contributed by atoms with Gasteiger partial charge in [-0.2, -0.15) is 0 Å². The molecule has 0 N–H and O–H groups in total. The molecule has 0 spiro atoms. The van der Waals surface area contributed by atoms with Gasteiger partial charge in [-0.05, 0) is 54.6 Å². The summed E-state index contributed by atoms with van der Waals surface area (Å²) in [6.45, 7) is 0. The molecule has 5 aromatic carbocycles. The lowest BCUT2D eigenvalue weighted by Gasteiger charge is -2.08. The van der Waals surface area contributed by atoms with Crippen molar-refractivity contribution < 1.29 is 4.42 Å². The molecule has 0 unspecified atom stereocenters. The summed E-state index contributed by atoms with van der Waals surface area (Å²) in [4.78, 5) is 4.89. The number of furan rings is 1. The van der Waals surface area contributed by atoms with Crippen LogP contribution in [0.5, 0.6) is 0 Å². The van der Waals surface area contributed by atoms with Crippen molar-refractivity contribution in [2.45, 2.75) is 0 Å². The summed E-state index contributed by atoms with van der Waals surface area (Å²) in [5, 5.41) is 5.85. The molecule has 0 amide bonds. The van der Waals surface area contributed by atoms with Crippen molar-refractivity contribution in [3.05, 3.63) is 134 Å². The van der Waals surface area contributed by atoms with Gasteiger partial charge in [-0.15, -0.1) is 0 Å². The van der Waals surface area contributed by atoms with Gasteiger partial charge in [-0.3, -0.25) is 8.97 Å². The maximum absolute atomic E-state index is 6.43. The van der Waals surface area contributed by atoms with Gasteiger partial charge in [0.15, 0.2) is 11.4 Å². The fourth-order valence-electron chi connectivity index (χ4n) is 6.92. The molecule has 0 bridgehead atoms. The Hall–Kier alpha value is -5.81. The third-order valence-electron chi connectivity index (χ3n) is 8.69. The van der Waals surface area contributed by atoms with Crippen molar-refractivity contribution in [1.82, 2.24) is 18.5 Å². The van der Waals surface area contributed by atoms with Crippen LogP contribution in [0.1, 0.15) is 0 Å². The summed E-state index contributed by atoms with van der Waals surface area (Å²) in [7, 11) is 0. The van der Waals surface area contributed by atoms with Gasteiger partial charge in [0.25, 0.3) is 0 Å². The van der Waals surface area contributed by atoms with E-state index in [1.165, 1.54) is 27.2 Å². The van der Waals surface area contributed by atoms with E-state index in [0.717, 1.165) is 55.6 Å². The number of para-hydroxylation sites is 5. The first kappa shape index (κ1) is 21.9. The minimum atomic E-state index is 0.790.